The van der Waals surface area contributed by atoms with Gasteiger partial charge in [0.05, 0.1) is 6.10 Å². The summed E-state index contributed by atoms with van der Waals surface area (Å²) in [6, 6.07) is 0. The summed E-state index contributed by atoms with van der Waals surface area (Å²) >= 11 is 0. The smallest absolute Gasteiger partial charge is 0.330 e. The van der Waals surface area contributed by atoms with Gasteiger partial charge in [-0.25, -0.2) is 4.79 Å². The molecule has 1 atom stereocenters. The highest BCUT2D eigenvalue weighted by Crippen LogP contribution is 2.07. The minimum absolute atomic E-state index is 0.264. The van der Waals surface area contributed by atoms with E-state index in [4.69, 9.17) is 9.84 Å². The van der Waals surface area contributed by atoms with Gasteiger partial charge < -0.3 is 9.84 Å². The van der Waals surface area contributed by atoms with Crippen LogP contribution in [0.4, 0.5) is 0 Å². The third-order valence-electron chi connectivity index (χ3n) is 2.29. The first kappa shape index (κ1) is 14.2. The van der Waals surface area contributed by atoms with Gasteiger partial charge in [-0.3, -0.25) is 0 Å². The summed E-state index contributed by atoms with van der Waals surface area (Å²) in [4.78, 5) is 10.4. The van der Waals surface area contributed by atoms with Gasteiger partial charge in [0.1, 0.15) is 0 Å². The van der Waals surface area contributed by atoms with Crippen LogP contribution in [0.1, 0.15) is 46.0 Å². The molecule has 3 heteroatoms. The first-order valence-electron chi connectivity index (χ1n) is 5.60. The van der Waals surface area contributed by atoms with E-state index in [0.29, 0.717) is 13.0 Å². The third kappa shape index (κ3) is 8.18. The Labute approximate surface area is 92.1 Å². The van der Waals surface area contributed by atoms with Crippen molar-refractivity contribution in [3.05, 3.63) is 12.2 Å². The summed E-state index contributed by atoms with van der Waals surface area (Å²) < 4.78 is 5.54. The largest absolute Gasteiger partial charge is 0.478 e. The molecule has 88 valence electrons. The quantitative estimate of drug-likeness (QED) is 0.474. The summed E-state index contributed by atoms with van der Waals surface area (Å²) in [7, 11) is 0. The number of carboxylic acids is 1. The van der Waals surface area contributed by atoms with E-state index in [-0.39, 0.29) is 11.7 Å². The minimum atomic E-state index is -0.908. The molecule has 0 aromatic carbocycles. The average Bonchev–Trinajstić information content (AvgIpc) is 2.20. The lowest BCUT2D eigenvalue weighted by molar-refractivity contribution is -0.132. The Bertz CT molecular complexity index is 199. The van der Waals surface area contributed by atoms with Gasteiger partial charge in [-0.05, 0) is 26.2 Å². The summed E-state index contributed by atoms with van der Waals surface area (Å²) in [5, 5.41) is 8.57. The van der Waals surface area contributed by atoms with Gasteiger partial charge in [0.15, 0.2) is 0 Å². The van der Waals surface area contributed by atoms with Crippen molar-refractivity contribution in [2.24, 2.45) is 0 Å². The van der Waals surface area contributed by atoms with E-state index in [1.165, 1.54) is 12.8 Å². The lowest BCUT2D eigenvalue weighted by atomic mass is 10.1. The molecule has 0 saturated heterocycles. The Kier molecular flexibility index (Phi) is 8.01. The number of rotatable bonds is 9. The summed E-state index contributed by atoms with van der Waals surface area (Å²) in [5.41, 5.74) is 0.264. The van der Waals surface area contributed by atoms with Crippen LogP contribution in [0, 0.1) is 0 Å². The van der Waals surface area contributed by atoms with Gasteiger partial charge in [-0.15, -0.1) is 0 Å². The van der Waals surface area contributed by atoms with Gasteiger partial charge in [0.25, 0.3) is 0 Å². The molecule has 0 aliphatic heterocycles. The van der Waals surface area contributed by atoms with Gasteiger partial charge in [0, 0.05) is 12.2 Å². The highest BCUT2D eigenvalue weighted by Gasteiger charge is 2.04. The van der Waals surface area contributed by atoms with Crippen LogP contribution in [0.5, 0.6) is 0 Å². The SMILES string of the molecule is C=C(CCCOC(C)CCCC)C(=O)O. The first-order valence-corrected chi connectivity index (χ1v) is 5.60. The van der Waals surface area contributed by atoms with Crippen molar-refractivity contribution < 1.29 is 14.6 Å². The van der Waals surface area contributed by atoms with Crippen LogP contribution >= 0.6 is 0 Å². The molecule has 0 saturated carbocycles. The van der Waals surface area contributed by atoms with Crippen LogP contribution in [-0.4, -0.2) is 23.8 Å². The summed E-state index contributed by atoms with van der Waals surface area (Å²) in [6.45, 7) is 8.30. The minimum Gasteiger partial charge on any atom is -0.478 e. The zero-order chi connectivity index (χ0) is 11.7. The van der Waals surface area contributed by atoms with Gasteiger partial charge in [-0.2, -0.15) is 0 Å². The molecule has 0 fully saturated rings. The highest BCUT2D eigenvalue weighted by atomic mass is 16.5. The topological polar surface area (TPSA) is 46.5 Å². The molecule has 0 spiro atoms. The Balaban J connectivity index is 3.37. The zero-order valence-corrected chi connectivity index (χ0v) is 9.79. The van der Waals surface area contributed by atoms with Crippen LogP contribution in [0.15, 0.2) is 12.2 Å². The molecular formula is C12H22O3. The van der Waals surface area contributed by atoms with E-state index in [1.54, 1.807) is 0 Å². The lowest BCUT2D eigenvalue weighted by Gasteiger charge is -2.12. The Morgan fingerprint density at radius 2 is 2.13 bits per heavy atom. The number of unbranched alkanes of at least 4 members (excludes halogenated alkanes) is 1. The van der Waals surface area contributed by atoms with Crippen molar-refractivity contribution in [1.29, 1.82) is 0 Å². The lowest BCUT2D eigenvalue weighted by Crippen LogP contribution is -2.09. The monoisotopic (exact) mass is 214 g/mol. The number of ether oxygens (including phenoxy) is 1. The summed E-state index contributed by atoms with van der Waals surface area (Å²) in [5.74, 6) is -0.908. The van der Waals surface area contributed by atoms with E-state index >= 15 is 0 Å². The predicted octanol–water partition coefficient (Wildman–Crippen LogP) is 3.00. The van der Waals surface area contributed by atoms with Crippen molar-refractivity contribution in [1.82, 2.24) is 0 Å². The molecule has 3 nitrogen and oxygen atoms in total. The molecular weight excluding hydrogens is 192 g/mol. The van der Waals surface area contributed by atoms with Crippen molar-refractivity contribution in [2.45, 2.75) is 52.1 Å². The maximum Gasteiger partial charge on any atom is 0.330 e. The fourth-order valence-electron chi connectivity index (χ4n) is 1.25. The molecule has 0 radical (unpaired) electrons. The van der Waals surface area contributed by atoms with Crippen molar-refractivity contribution in [3.63, 3.8) is 0 Å². The molecule has 0 aromatic heterocycles. The molecule has 0 aliphatic rings. The Hall–Kier alpha value is -0.830. The molecule has 0 bridgehead atoms. The van der Waals surface area contributed by atoms with E-state index < -0.39 is 5.97 Å². The van der Waals surface area contributed by atoms with Crippen LogP contribution in [0.25, 0.3) is 0 Å². The highest BCUT2D eigenvalue weighted by molar-refractivity contribution is 5.85. The maximum atomic E-state index is 10.4. The van der Waals surface area contributed by atoms with Gasteiger partial charge in [0.2, 0.25) is 0 Å². The second-order valence-electron chi connectivity index (χ2n) is 3.84. The Morgan fingerprint density at radius 3 is 2.67 bits per heavy atom. The van der Waals surface area contributed by atoms with Crippen LogP contribution in [-0.2, 0) is 9.53 Å². The number of hydrogen-bond acceptors (Lipinski definition) is 2. The van der Waals surface area contributed by atoms with Crippen LogP contribution in [0.3, 0.4) is 0 Å². The first-order chi connectivity index (χ1) is 7.07. The van der Waals surface area contributed by atoms with Gasteiger partial charge in [-0.1, -0.05) is 26.3 Å². The molecule has 0 aromatic rings. The maximum absolute atomic E-state index is 10.4. The number of aliphatic carboxylic acids is 1. The van der Waals surface area contributed by atoms with Crippen LogP contribution < -0.4 is 0 Å². The van der Waals surface area contributed by atoms with Gasteiger partial charge >= 0.3 is 5.97 Å². The normalized spacial score (nSPS) is 12.4. The van der Waals surface area contributed by atoms with Crippen molar-refractivity contribution in [3.8, 4) is 0 Å². The number of carbonyl (C=O) groups is 1. The fourth-order valence-corrected chi connectivity index (χ4v) is 1.25. The van der Waals surface area contributed by atoms with E-state index in [9.17, 15) is 4.79 Å². The average molecular weight is 214 g/mol. The van der Waals surface area contributed by atoms with Crippen molar-refractivity contribution in [2.75, 3.05) is 6.61 Å². The standard InChI is InChI=1S/C12H22O3/c1-4-5-8-11(3)15-9-6-7-10(2)12(13)14/h11H,2,4-9H2,1,3H3,(H,13,14). The summed E-state index contributed by atoms with van der Waals surface area (Å²) in [6.07, 6.45) is 4.98. The third-order valence-corrected chi connectivity index (χ3v) is 2.29. The van der Waals surface area contributed by atoms with E-state index in [2.05, 4.69) is 20.4 Å². The molecule has 1 N–H and O–H groups in total. The molecule has 0 amide bonds. The van der Waals surface area contributed by atoms with E-state index in [1.807, 2.05) is 0 Å². The van der Waals surface area contributed by atoms with Crippen molar-refractivity contribution >= 4 is 5.97 Å². The van der Waals surface area contributed by atoms with E-state index in [0.717, 1.165) is 12.8 Å². The molecule has 0 rings (SSSR count). The second-order valence-corrected chi connectivity index (χ2v) is 3.84. The fraction of sp³-hybridized carbons (Fsp3) is 0.750. The number of hydrogen-bond donors (Lipinski definition) is 1. The second kappa shape index (κ2) is 8.48. The predicted molar refractivity (Wildman–Crippen MR) is 60.9 cm³/mol. The molecule has 1 unspecified atom stereocenters. The number of carboxylic acid groups (broad SMARTS) is 1. The molecule has 0 heterocycles. The Morgan fingerprint density at radius 1 is 1.47 bits per heavy atom. The zero-order valence-electron chi connectivity index (χ0n) is 9.79. The molecule has 15 heavy (non-hydrogen) atoms. The van der Waals surface area contributed by atoms with Crippen LogP contribution in [0.2, 0.25) is 0 Å². The molecule has 0 aliphatic carbocycles.